The third kappa shape index (κ3) is 2.39. The number of anilines is 1. The Hall–Kier alpha value is -1.73. The van der Waals surface area contributed by atoms with Gasteiger partial charge in [-0.25, -0.2) is 14.8 Å². The van der Waals surface area contributed by atoms with Crippen molar-refractivity contribution in [3.05, 3.63) is 18.0 Å². The molecule has 0 radical (unpaired) electrons. The van der Waals surface area contributed by atoms with E-state index in [4.69, 9.17) is 14.6 Å². The predicted octanol–water partition coefficient (Wildman–Crippen LogP) is 0.518. The van der Waals surface area contributed by atoms with Crippen molar-refractivity contribution in [1.29, 1.82) is 0 Å². The molecule has 0 amide bonds. The molecule has 19 heavy (non-hydrogen) atoms. The molecule has 1 aromatic heterocycles. The van der Waals surface area contributed by atoms with Gasteiger partial charge in [-0.05, 0) is 0 Å². The van der Waals surface area contributed by atoms with Crippen LogP contribution in [0.4, 0.5) is 5.95 Å². The van der Waals surface area contributed by atoms with Gasteiger partial charge in [-0.15, -0.1) is 0 Å². The summed E-state index contributed by atoms with van der Waals surface area (Å²) in [7, 11) is 0. The van der Waals surface area contributed by atoms with Gasteiger partial charge in [-0.1, -0.05) is 0 Å². The maximum atomic E-state index is 10.7. The molecular weight excluding hydrogens is 250 g/mol. The van der Waals surface area contributed by atoms with Gasteiger partial charge in [0.15, 0.2) is 5.79 Å². The quantitative estimate of drug-likeness (QED) is 0.834. The summed E-state index contributed by atoms with van der Waals surface area (Å²) in [5.41, 5.74) is 0.0969. The van der Waals surface area contributed by atoms with Gasteiger partial charge < -0.3 is 19.5 Å². The van der Waals surface area contributed by atoms with E-state index in [0.29, 0.717) is 19.2 Å². The van der Waals surface area contributed by atoms with Crippen LogP contribution in [0.1, 0.15) is 23.2 Å². The summed E-state index contributed by atoms with van der Waals surface area (Å²) in [6, 6.07) is 0. The molecule has 7 nitrogen and oxygen atoms in total. The Morgan fingerprint density at radius 3 is 2.32 bits per heavy atom. The first-order valence-corrected chi connectivity index (χ1v) is 6.27. The van der Waals surface area contributed by atoms with Crippen LogP contribution in [-0.4, -0.2) is 53.1 Å². The van der Waals surface area contributed by atoms with Gasteiger partial charge in [0.1, 0.15) is 0 Å². The molecule has 2 aliphatic rings. The molecule has 7 heteroatoms. The van der Waals surface area contributed by atoms with E-state index >= 15 is 0 Å². The van der Waals surface area contributed by atoms with E-state index in [1.165, 1.54) is 12.4 Å². The molecule has 1 N–H and O–H groups in total. The van der Waals surface area contributed by atoms with Gasteiger partial charge in [0.05, 0.1) is 18.8 Å². The zero-order chi connectivity index (χ0) is 13.3. The normalized spacial score (nSPS) is 21.8. The number of ether oxygens (including phenoxy) is 2. The summed E-state index contributed by atoms with van der Waals surface area (Å²) < 4.78 is 11.3. The lowest BCUT2D eigenvalue weighted by atomic mass is 10.0. The molecular formula is C12H15N3O4. The van der Waals surface area contributed by atoms with Crippen LogP contribution in [0.5, 0.6) is 0 Å². The highest BCUT2D eigenvalue weighted by Crippen LogP contribution is 2.32. The van der Waals surface area contributed by atoms with Crippen LogP contribution >= 0.6 is 0 Å². The van der Waals surface area contributed by atoms with Crippen molar-refractivity contribution in [3.63, 3.8) is 0 Å². The lowest BCUT2D eigenvalue weighted by Crippen LogP contribution is -2.45. The van der Waals surface area contributed by atoms with Gasteiger partial charge in [0.2, 0.25) is 5.95 Å². The number of carboxylic acid groups (broad SMARTS) is 1. The van der Waals surface area contributed by atoms with Crippen LogP contribution in [0.2, 0.25) is 0 Å². The molecule has 1 spiro atoms. The Balaban J connectivity index is 1.66. The zero-order valence-corrected chi connectivity index (χ0v) is 10.4. The first-order chi connectivity index (χ1) is 9.19. The minimum absolute atomic E-state index is 0.0969. The average molecular weight is 265 g/mol. The molecule has 2 fully saturated rings. The molecule has 0 unspecified atom stereocenters. The van der Waals surface area contributed by atoms with Crippen LogP contribution in [0.15, 0.2) is 12.4 Å². The second kappa shape index (κ2) is 4.75. The minimum atomic E-state index is -1.02. The number of aromatic carboxylic acids is 1. The van der Waals surface area contributed by atoms with Gasteiger partial charge in [0.25, 0.3) is 0 Å². The first kappa shape index (κ1) is 12.3. The Labute approximate surface area is 110 Å². The van der Waals surface area contributed by atoms with E-state index in [1.54, 1.807) is 0 Å². The highest BCUT2D eigenvalue weighted by Gasteiger charge is 2.40. The summed E-state index contributed by atoms with van der Waals surface area (Å²) >= 11 is 0. The first-order valence-electron chi connectivity index (χ1n) is 6.27. The van der Waals surface area contributed by atoms with Crippen molar-refractivity contribution in [2.75, 3.05) is 31.2 Å². The van der Waals surface area contributed by atoms with Gasteiger partial charge >= 0.3 is 5.97 Å². The fourth-order valence-electron chi connectivity index (χ4n) is 2.43. The molecule has 0 aliphatic carbocycles. The van der Waals surface area contributed by atoms with Crippen molar-refractivity contribution in [2.45, 2.75) is 18.6 Å². The number of hydrogen-bond acceptors (Lipinski definition) is 6. The minimum Gasteiger partial charge on any atom is -0.478 e. The second-order valence-corrected chi connectivity index (χ2v) is 4.67. The second-order valence-electron chi connectivity index (χ2n) is 4.67. The van der Waals surface area contributed by atoms with Crippen LogP contribution in [0.25, 0.3) is 0 Å². The third-order valence-corrected chi connectivity index (χ3v) is 3.51. The number of carbonyl (C=O) groups is 1. The zero-order valence-electron chi connectivity index (χ0n) is 10.4. The topological polar surface area (TPSA) is 84.8 Å². The Kier molecular flexibility index (Phi) is 3.08. The number of rotatable bonds is 2. The number of hydrogen-bond donors (Lipinski definition) is 1. The van der Waals surface area contributed by atoms with Crippen LogP contribution in [-0.2, 0) is 9.47 Å². The highest BCUT2D eigenvalue weighted by molar-refractivity contribution is 5.86. The van der Waals surface area contributed by atoms with E-state index in [1.807, 2.05) is 4.90 Å². The molecule has 2 saturated heterocycles. The number of piperidine rings is 1. The maximum Gasteiger partial charge on any atom is 0.338 e. The van der Waals surface area contributed by atoms with Gasteiger partial charge in [0, 0.05) is 38.3 Å². The largest absolute Gasteiger partial charge is 0.478 e. The van der Waals surface area contributed by atoms with E-state index in [-0.39, 0.29) is 5.56 Å². The SMILES string of the molecule is O=C(O)c1cnc(N2CCC3(CC2)OCCO3)nc1. The molecule has 0 saturated carbocycles. The molecule has 3 heterocycles. The van der Waals surface area contributed by atoms with Crippen LogP contribution < -0.4 is 4.90 Å². The van der Waals surface area contributed by atoms with Crippen molar-refractivity contribution in [2.24, 2.45) is 0 Å². The van der Waals surface area contributed by atoms with E-state index in [0.717, 1.165) is 25.9 Å². The van der Waals surface area contributed by atoms with Crippen molar-refractivity contribution in [1.82, 2.24) is 9.97 Å². The van der Waals surface area contributed by atoms with E-state index < -0.39 is 11.8 Å². The molecule has 1 aromatic rings. The van der Waals surface area contributed by atoms with Crippen LogP contribution in [0, 0.1) is 0 Å². The summed E-state index contributed by atoms with van der Waals surface area (Å²) in [4.78, 5) is 20.9. The molecule has 3 rings (SSSR count). The standard InChI is InChI=1S/C12H15N3O4/c16-10(17)9-7-13-11(14-8-9)15-3-1-12(2-4-15)18-5-6-19-12/h7-8H,1-6H2,(H,16,17). The highest BCUT2D eigenvalue weighted by atomic mass is 16.7. The predicted molar refractivity (Wildman–Crippen MR) is 65.1 cm³/mol. The van der Waals surface area contributed by atoms with Crippen molar-refractivity contribution in [3.8, 4) is 0 Å². The third-order valence-electron chi connectivity index (χ3n) is 3.51. The van der Waals surface area contributed by atoms with Gasteiger partial charge in [-0.3, -0.25) is 0 Å². The fourth-order valence-corrected chi connectivity index (χ4v) is 2.43. The fraction of sp³-hybridized carbons (Fsp3) is 0.583. The molecule has 102 valence electrons. The summed E-state index contributed by atoms with van der Waals surface area (Å²) in [5, 5.41) is 8.80. The van der Waals surface area contributed by atoms with Crippen LogP contribution in [0.3, 0.4) is 0 Å². The number of carboxylic acids is 1. The average Bonchev–Trinajstić information content (AvgIpc) is 2.88. The van der Waals surface area contributed by atoms with Crippen molar-refractivity contribution < 1.29 is 19.4 Å². The molecule has 0 aromatic carbocycles. The number of aromatic nitrogens is 2. The summed E-state index contributed by atoms with van der Waals surface area (Å²) in [5.74, 6) is -0.882. The molecule has 0 atom stereocenters. The van der Waals surface area contributed by atoms with E-state index in [2.05, 4.69) is 9.97 Å². The summed E-state index contributed by atoms with van der Waals surface area (Å²) in [6.07, 6.45) is 4.21. The Morgan fingerprint density at radius 2 is 1.79 bits per heavy atom. The van der Waals surface area contributed by atoms with Gasteiger partial charge in [-0.2, -0.15) is 0 Å². The lowest BCUT2D eigenvalue weighted by Gasteiger charge is -2.37. The lowest BCUT2D eigenvalue weighted by molar-refractivity contribution is -0.169. The summed E-state index contributed by atoms with van der Waals surface area (Å²) in [6.45, 7) is 2.80. The van der Waals surface area contributed by atoms with E-state index in [9.17, 15) is 4.79 Å². The Morgan fingerprint density at radius 1 is 1.21 bits per heavy atom. The van der Waals surface area contributed by atoms with Crippen molar-refractivity contribution >= 4 is 11.9 Å². The number of nitrogens with zero attached hydrogens (tertiary/aromatic N) is 3. The Bertz CT molecular complexity index is 460. The maximum absolute atomic E-state index is 10.7. The molecule has 2 aliphatic heterocycles. The molecule has 0 bridgehead atoms. The monoisotopic (exact) mass is 265 g/mol. The smallest absolute Gasteiger partial charge is 0.338 e.